The first-order chi connectivity index (χ1) is 13.0. The van der Waals surface area contributed by atoms with Gasteiger partial charge in [-0.2, -0.15) is 13.2 Å². The molecule has 0 radical (unpaired) electrons. The van der Waals surface area contributed by atoms with Gasteiger partial charge in [0.25, 0.3) is 0 Å². The van der Waals surface area contributed by atoms with Crippen molar-refractivity contribution in [1.82, 2.24) is 0 Å². The van der Waals surface area contributed by atoms with E-state index in [0.717, 1.165) is 17.7 Å². The number of carbonyl (C=O) groups excluding carboxylic acids is 2. The minimum absolute atomic E-state index is 0.133. The highest BCUT2D eigenvalue weighted by atomic mass is 32.2. The molecule has 2 aliphatic carbocycles. The van der Waals surface area contributed by atoms with Gasteiger partial charge < -0.3 is 4.74 Å². The van der Waals surface area contributed by atoms with Crippen molar-refractivity contribution in [3.8, 4) is 0 Å². The van der Waals surface area contributed by atoms with E-state index in [9.17, 15) is 22.8 Å². The van der Waals surface area contributed by atoms with Crippen LogP contribution in [0, 0.1) is 11.3 Å². The molecule has 0 N–H and O–H groups in total. The Kier molecular flexibility index (Phi) is 4.42. The van der Waals surface area contributed by atoms with Gasteiger partial charge in [0.2, 0.25) is 0 Å². The summed E-state index contributed by atoms with van der Waals surface area (Å²) in [5, 5.41) is 0. The predicted octanol–water partition coefficient (Wildman–Crippen LogP) is 4.45. The van der Waals surface area contributed by atoms with Gasteiger partial charge >= 0.3 is 12.1 Å². The summed E-state index contributed by atoms with van der Waals surface area (Å²) in [7, 11) is -0.488. The highest BCUT2D eigenvalue weighted by Gasteiger charge is 2.77. The van der Waals surface area contributed by atoms with Crippen molar-refractivity contribution in [3.05, 3.63) is 30.3 Å². The van der Waals surface area contributed by atoms with Crippen molar-refractivity contribution in [3.63, 3.8) is 0 Å². The standard InChI is InChI=1S/C21H24F3O3S/c1-18(27-17(26)21(22,23)24)12-20-13-28(15-8-4-3-5-9-15)19(18,2)11-14(20)7-6-10-16(20)25/h3-5,8-9,14H,6-7,10-13H2,1-2H3/q+1/t14-,18+,19+,20+,28?/m0/s1. The number of esters is 1. The van der Waals surface area contributed by atoms with E-state index in [0.29, 0.717) is 18.6 Å². The lowest BCUT2D eigenvalue weighted by Crippen LogP contribution is -2.74. The Morgan fingerprint density at radius 3 is 2.54 bits per heavy atom. The zero-order valence-electron chi connectivity index (χ0n) is 16.0. The lowest BCUT2D eigenvalue weighted by molar-refractivity contribution is -0.224. The SMILES string of the molecule is C[C@@]1(OC(=O)C(F)(F)F)C[C@@]23C[S+](c4ccccc4)[C@]1(C)C[C@@H]2CCCC3=O. The molecule has 1 spiro atoms. The molecule has 152 valence electrons. The number of ether oxygens (including phenoxy) is 1. The lowest BCUT2D eigenvalue weighted by Gasteiger charge is -2.62. The highest BCUT2D eigenvalue weighted by Crippen LogP contribution is 2.65. The van der Waals surface area contributed by atoms with Crippen LogP contribution in [0.25, 0.3) is 0 Å². The summed E-state index contributed by atoms with van der Waals surface area (Å²) < 4.78 is 43.7. The van der Waals surface area contributed by atoms with Crippen molar-refractivity contribution in [2.45, 2.75) is 67.4 Å². The maximum atomic E-state index is 13.1. The number of hydrogen-bond donors (Lipinski definition) is 0. The Morgan fingerprint density at radius 2 is 1.89 bits per heavy atom. The molecule has 2 bridgehead atoms. The average Bonchev–Trinajstić information content (AvgIpc) is 2.62. The number of carbonyl (C=O) groups is 2. The first-order valence-corrected chi connectivity index (χ1v) is 11.0. The van der Waals surface area contributed by atoms with Gasteiger partial charge in [0.1, 0.15) is 11.5 Å². The average molecular weight is 413 g/mol. The number of hydrogen-bond acceptors (Lipinski definition) is 3. The van der Waals surface area contributed by atoms with Crippen LogP contribution >= 0.6 is 0 Å². The molecule has 2 saturated heterocycles. The Labute approximate surface area is 165 Å². The third-order valence-corrected chi connectivity index (χ3v) is 10.6. The number of Topliss-reactive ketones (excluding diaryl/α,β-unsaturated/α-hetero) is 1. The van der Waals surface area contributed by atoms with Crippen LogP contribution < -0.4 is 0 Å². The summed E-state index contributed by atoms with van der Waals surface area (Å²) in [4.78, 5) is 25.9. The molecule has 1 aromatic rings. The van der Waals surface area contributed by atoms with Crippen LogP contribution in [0.1, 0.15) is 46.0 Å². The molecule has 1 aromatic carbocycles. The van der Waals surface area contributed by atoms with Crippen LogP contribution in [0.4, 0.5) is 13.2 Å². The Morgan fingerprint density at radius 1 is 1.21 bits per heavy atom. The monoisotopic (exact) mass is 413 g/mol. The van der Waals surface area contributed by atoms with Crippen molar-refractivity contribution >= 4 is 22.6 Å². The molecule has 2 heterocycles. The molecular weight excluding hydrogens is 389 g/mol. The molecule has 5 atom stereocenters. The van der Waals surface area contributed by atoms with E-state index in [2.05, 4.69) is 0 Å². The number of halogens is 3. The van der Waals surface area contributed by atoms with Crippen LogP contribution in [0.2, 0.25) is 0 Å². The largest absolute Gasteiger partial charge is 0.490 e. The zero-order chi connectivity index (χ0) is 20.4. The number of ketones is 1. The fourth-order valence-corrected chi connectivity index (χ4v) is 9.18. The first-order valence-electron chi connectivity index (χ1n) is 9.61. The second-order valence-corrected chi connectivity index (χ2v) is 11.2. The molecule has 3 nitrogen and oxygen atoms in total. The van der Waals surface area contributed by atoms with Crippen molar-refractivity contribution in [1.29, 1.82) is 0 Å². The summed E-state index contributed by atoms with van der Waals surface area (Å²) in [5.41, 5.74) is -2.02. The molecule has 2 saturated carbocycles. The summed E-state index contributed by atoms with van der Waals surface area (Å²) in [6.07, 6.45) is -2.04. The van der Waals surface area contributed by atoms with Gasteiger partial charge in [-0.3, -0.25) is 4.79 Å². The third-order valence-electron chi connectivity index (χ3n) is 7.22. The van der Waals surface area contributed by atoms with E-state index in [-0.39, 0.29) is 18.1 Å². The van der Waals surface area contributed by atoms with Gasteiger partial charge in [0.05, 0.1) is 5.41 Å². The van der Waals surface area contributed by atoms with Crippen LogP contribution in [0.15, 0.2) is 35.2 Å². The van der Waals surface area contributed by atoms with E-state index >= 15 is 0 Å². The Bertz CT molecular complexity index is 811. The maximum absolute atomic E-state index is 13.1. The smallest absolute Gasteiger partial charge is 0.447 e. The maximum Gasteiger partial charge on any atom is 0.490 e. The predicted molar refractivity (Wildman–Crippen MR) is 99.9 cm³/mol. The normalized spacial score (nSPS) is 40.1. The fraction of sp³-hybridized carbons (Fsp3) is 0.619. The van der Waals surface area contributed by atoms with E-state index in [1.165, 1.54) is 0 Å². The Balaban J connectivity index is 1.82. The summed E-state index contributed by atoms with van der Waals surface area (Å²) in [5.74, 6) is -1.22. The van der Waals surface area contributed by atoms with Crippen LogP contribution in [0.3, 0.4) is 0 Å². The second kappa shape index (κ2) is 6.25. The second-order valence-electron chi connectivity index (χ2n) is 8.75. The molecular formula is C21H24F3O3S+. The van der Waals surface area contributed by atoms with E-state index in [1.54, 1.807) is 6.92 Å². The number of alkyl halides is 3. The molecule has 4 fully saturated rings. The van der Waals surface area contributed by atoms with Gasteiger partial charge in [-0.15, -0.1) is 0 Å². The molecule has 4 aliphatic rings. The van der Waals surface area contributed by atoms with E-state index in [4.69, 9.17) is 4.74 Å². The van der Waals surface area contributed by atoms with E-state index in [1.807, 2.05) is 37.3 Å². The van der Waals surface area contributed by atoms with Gasteiger partial charge in [0.15, 0.2) is 15.2 Å². The highest BCUT2D eigenvalue weighted by molar-refractivity contribution is 7.98. The molecule has 7 heteroatoms. The van der Waals surface area contributed by atoms with Crippen LogP contribution in [-0.2, 0) is 25.2 Å². The fourth-order valence-electron chi connectivity index (χ4n) is 5.64. The van der Waals surface area contributed by atoms with Gasteiger partial charge in [0, 0.05) is 30.2 Å². The summed E-state index contributed by atoms with van der Waals surface area (Å²) in [6, 6.07) is 9.66. The minimum atomic E-state index is -5.05. The van der Waals surface area contributed by atoms with Crippen molar-refractivity contribution in [2.24, 2.45) is 11.3 Å². The first kappa shape index (κ1) is 19.8. The number of benzene rings is 1. The van der Waals surface area contributed by atoms with Crippen LogP contribution in [-0.4, -0.2) is 34.0 Å². The van der Waals surface area contributed by atoms with Gasteiger partial charge in [-0.05, 0) is 44.7 Å². The molecule has 28 heavy (non-hydrogen) atoms. The molecule has 0 amide bonds. The topological polar surface area (TPSA) is 43.4 Å². The van der Waals surface area contributed by atoms with Crippen molar-refractivity contribution in [2.75, 3.05) is 5.75 Å². The Hall–Kier alpha value is -1.50. The van der Waals surface area contributed by atoms with Gasteiger partial charge in [-0.1, -0.05) is 18.2 Å². The third kappa shape index (κ3) is 2.72. The zero-order valence-corrected chi connectivity index (χ0v) is 16.8. The minimum Gasteiger partial charge on any atom is -0.447 e. The molecule has 0 aromatic heterocycles. The number of fused-ring (bicyclic) bond motifs is 2. The lowest BCUT2D eigenvalue weighted by atomic mass is 9.53. The van der Waals surface area contributed by atoms with E-state index < -0.39 is 38.8 Å². The number of rotatable bonds is 2. The van der Waals surface area contributed by atoms with Crippen LogP contribution in [0.5, 0.6) is 0 Å². The molecule has 5 rings (SSSR count). The van der Waals surface area contributed by atoms with Crippen molar-refractivity contribution < 1.29 is 27.5 Å². The summed E-state index contributed by atoms with van der Waals surface area (Å²) in [6.45, 7) is 3.56. The molecule has 1 unspecified atom stereocenters. The van der Waals surface area contributed by atoms with Gasteiger partial charge in [-0.25, -0.2) is 4.79 Å². The molecule has 2 aliphatic heterocycles. The summed E-state index contributed by atoms with van der Waals surface area (Å²) >= 11 is 0. The quantitative estimate of drug-likeness (QED) is 0.532.